The predicted octanol–water partition coefficient (Wildman–Crippen LogP) is 11.3. The fraction of sp³-hybridized carbons (Fsp3) is 0.0206. The molecule has 18 N–H and O–H groups in total. The van der Waals surface area contributed by atoms with Gasteiger partial charge < -0.3 is 61.7 Å². The minimum atomic E-state index is -4.85. The molecule has 0 atom stereocenters. The molecule has 0 unspecified atom stereocenters. The van der Waals surface area contributed by atoms with E-state index >= 15 is 0 Å². The molecule has 0 aliphatic carbocycles. The molecular weight excluding hydrogens is 2210 g/mol. The quantitative estimate of drug-likeness (QED) is 0.00667. The van der Waals surface area contributed by atoms with Gasteiger partial charge in [-0.1, -0.05) is 95.5 Å². The van der Waals surface area contributed by atoms with E-state index in [2.05, 4.69) is 49.5 Å². The molecular formula is C97H75Cl3N11Na2O28S9+. The molecule has 0 fully saturated rings. The van der Waals surface area contributed by atoms with Crippen molar-refractivity contribution in [2.75, 3.05) is 59.9 Å². The zero-order chi connectivity index (χ0) is 108. The van der Waals surface area contributed by atoms with Crippen molar-refractivity contribution >= 4 is 272 Å². The molecule has 0 spiro atoms. The minimum Gasteiger partial charge on any atom is -0.744 e. The number of hydrogen-bond donors (Lipinski definition) is 14. The summed E-state index contributed by atoms with van der Waals surface area (Å²) in [7, 11) is -31.8. The van der Waals surface area contributed by atoms with Gasteiger partial charge in [-0.25, -0.2) is 78.1 Å². The zero-order valence-corrected chi connectivity index (χ0v) is 91.3. The number of thioether (sulfide) groups is 1. The van der Waals surface area contributed by atoms with Crippen LogP contribution >= 0.6 is 46.6 Å². The van der Waals surface area contributed by atoms with Crippen LogP contribution in [0.3, 0.4) is 0 Å². The Morgan fingerprint density at radius 1 is 0.347 bits per heavy atom. The molecule has 0 bridgehead atoms. The number of amides is 2. The van der Waals surface area contributed by atoms with Crippen LogP contribution in [-0.4, -0.2) is 134 Å². The Hall–Kier alpha value is -13.7. The number of thiocyanates is 1. The first-order chi connectivity index (χ1) is 69.5. The van der Waals surface area contributed by atoms with Crippen LogP contribution in [0.15, 0.2) is 353 Å². The van der Waals surface area contributed by atoms with Crippen LogP contribution < -0.4 is 111 Å². The van der Waals surface area contributed by atoms with E-state index < -0.39 is 125 Å². The molecule has 17 rings (SSSR count). The number of halogens is 3. The number of nitrogen functional groups attached to an aromatic ring is 2. The summed E-state index contributed by atoms with van der Waals surface area (Å²) in [5, 5.41) is 53.5. The number of anilines is 9. The number of quaternary nitrogens is 1. The van der Waals surface area contributed by atoms with E-state index in [4.69, 9.17) is 56.1 Å². The monoisotopic (exact) mass is 2280 g/mol. The fourth-order valence-corrected chi connectivity index (χ4v) is 22.1. The number of carboxylic acid groups (broad SMARTS) is 1. The Kier molecular flexibility index (Phi) is 37.4. The number of carbonyl (C=O) groups is 4. The summed E-state index contributed by atoms with van der Waals surface area (Å²) >= 11 is 18.8. The van der Waals surface area contributed by atoms with E-state index in [1.807, 2.05) is 17.5 Å². The van der Waals surface area contributed by atoms with Gasteiger partial charge in [0.05, 0.1) is 96.5 Å². The Balaban J connectivity index is 0.000000189. The van der Waals surface area contributed by atoms with Crippen molar-refractivity contribution in [3.63, 3.8) is 0 Å². The van der Waals surface area contributed by atoms with E-state index in [-0.39, 0.29) is 172 Å². The molecule has 2 amide bonds. The van der Waals surface area contributed by atoms with Gasteiger partial charge in [-0.15, -0.1) is 0 Å². The number of aromatic carboxylic acids is 1. The standard InChI is InChI=1S/C34H25ClN4O11S3.C19H13ClN2O4S2.C18H15ClN2O4S.C16H14N2O6S2.C10H9NO3S.2Na/c35-31-11-8-25(17-30(31)33(41)42)39-51(44,45)26-9-5-19-4-6-22(12-20(19)14-26)36-34(43)37-23-7-10-29-21(13-23)15-28(18-32(29)40)52(46,47)38-24-2-1-3-27(16-24)53(48,49)50;1-26-19(23)17-10-14(4-7-18(17)20)22-28(24,25)16-6-3-12-2-5-15(27-11-21)8-13(12)9-16;1-25-18(22)16-10-14(5-7-17(16)19)21-26(23,24)15-6-3-11-2-4-13(20)8-12(11)9-15;17-11-4-5-15-10(6-11)7-14(9-16(15)19)25(20,21)18-12-2-1-3-13(8-12)26(22,23)24;11-9-3-1-7-2-4-10(15(12,13)14)6-8(7)5-9;;/h1-18,38-40H,(H,41,42)(H2,36,37,43)(H,48,49,50);2-10,22H,1H3;2-10,21H,20H2,1H3;1-9,18-19H,17H2,(H,22,23,24);1-6H,11H2,(H,12,13,14);;/q;;;;;2*+1/p-1. The second-order valence-electron chi connectivity index (χ2n) is 31.4. The van der Waals surface area contributed by atoms with E-state index in [1.165, 1.54) is 172 Å². The number of carbonyl (C=O) groups excluding carboxylic acids is 3. The van der Waals surface area contributed by atoms with Crippen LogP contribution in [0.2, 0.25) is 15.1 Å². The number of hydrogen-bond acceptors (Lipinski definition) is 30. The van der Waals surface area contributed by atoms with E-state index in [9.17, 15) is 111 Å². The molecule has 39 nitrogen and oxygen atoms in total. The van der Waals surface area contributed by atoms with Crippen molar-refractivity contribution in [1.29, 1.82) is 5.26 Å². The number of carboxylic acids is 1. The van der Waals surface area contributed by atoms with Crippen LogP contribution in [0.4, 0.5) is 61.7 Å². The number of aromatic hydroxyl groups is 2. The Morgan fingerprint density at radius 2 is 0.660 bits per heavy atom. The van der Waals surface area contributed by atoms with Gasteiger partial charge >= 0.3 is 83.1 Å². The van der Waals surface area contributed by atoms with Crippen LogP contribution in [-0.2, 0) is 89.9 Å². The molecule has 53 heteroatoms. The van der Waals surface area contributed by atoms with E-state index in [0.717, 1.165) is 75.3 Å². The number of nitrogens with zero attached hydrogens (tertiary/aromatic N) is 1. The number of phenols is 2. The van der Waals surface area contributed by atoms with Crippen molar-refractivity contribution in [1.82, 2.24) is 0 Å². The summed E-state index contributed by atoms with van der Waals surface area (Å²) in [5.74, 6) is -3.28. The Labute approximate surface area is 920 Å². The summed E-state index contributed by atoms with van der Waals surface area (Å²) < 4.78 is 247. The number of ether oxygens (including phenoxy) is 2. The number of esters is 2. The SMILES string of the molecule is COC(=O)c1cc(NS(=O)(=O)c2ccc3ccc(N)cc3c2)ccc1Cl.COC(=O)c1cc(NS(=O)(=O)c2ccc3ccc(SC#N)cc3c2)ccc1Cl.Nc1ccc2ccc(S(=O)(=O)O)cc2c1.O=C(Nc1ccc2ccc(S(=O)(=O)Nc3ccc(Cl)c(C(=O)O)c3)cc2c1)Nc1ccc2c(O)cc(S(=O)(=O)Nc3cccc(S(=O)(=O)[O-])c3)cc2c1.[NH3+]c1ccc2c(O)cc(S(=O)(=O)Nc3cccc(S(=O)(=O)[O-])c3)cc2c1.[Na+].[Na+]. The molecule has 17 aromatic carbocycles. The first-order valence-electron chi connectivity index (χ1n) is 41.7. The molecule has 0 saturated heterocycles. The van der Waals surface area contributed by atoms with Gasteiger partial charge in [0.25, 0.3) is 60.2 Å². The third-order valence-electron chi connectivity index (χ3n) is 21.1. The van der Waals surface area contributed by atoms with E-state index in [0.29, 0.717) is 54.8 Å². The maximum atomic E-state index is 13.1. The van der Waals surface area contributed by atoms with Gasteiger partial charge in [0.15, 0.2) is 0 Å². The fourth-order valence-electron chi connectivity index (χ4n) is 14.1. The molecule has 0 aliphatic rings. The molecule has 17 aromatic rings. The number of urea groups is 1. The van der Waals surface area contributed by atoms with Crippen molar-refractivity contribution in [2.45, 2.75) is 44.1 Å². The maximum Gasteiger partial charge on any atom is 1.00 e. The number of nitrogens with one attached hydrogen (secondary N) is 7. The molecule has 150 heavy (non-hydrogen) atoms. The van der Waals surface area contributed by atoms with Gasteiger partial charge in [-0.3, -0.25) is 28.2 Å². The van der Waals surface area contributed by atoms with Crippen molar-refractivity contribution in [3.8, 4) is 16.9 Å². The molecule has 0 radical (unpaired) electrons. The average molecular weight is 2280 g/mol. The third-order valence-corrected chi connectivity index (χ3v) is 32.1. The molecule has 0 heterocycles. The van der Waals surface area contributed by atoms with Crippen LogP contribution in [0.5, 0.6) is 11.5 Å². The number of nitrogens with two attached hydrogens (primary N) is 2. The van der Waals surface area contributed by atoms with Crippen LogP contribution in [0.1, 0.15) is 31.1 Å². The zero-order valence-electron chi connectivity index (χ0n) is 77.6. The molecule has 0 aromatic heterocycles. The van der Waals surface area contributed by atoms with Crippen molar-refractivity contribution in [2.24, 2.45) is 0 Å². The van der Waals surface area contributed by atoms with Crippen molar-refractivity contribution < 1.29 is 190 Å². The summed E-state index contributed by atoms with van der Waals surface area (Å²) in [6.45, 7) is 0. The Morgan fingerprint density at radius 3 is 1.05 bits per heavy atom. The number of nitriles is 1. The van der Waals surface area contributed by atoms with Gasteiger partial charge in [0.1, 0.15) is 42.8 Å². The van der Waals surface area contributed by atoms with Crippen molar-refractivity contribution in [3.05, 3.63) is 341 Å². The number of sulfonamides is 5. The number of rotatable bonds is 24. The van der Waals surface area contributed by atoms with Gasteiger partial charge in [-0.05, 0) is 296 Å². The third kappa shape index (κ3) is 29.7. The number of methoxy groups -OCH3 is 2. The smallest absolute Gasteiger partial charge is 0.744 e. The number of fused-ring (bicyclic) bond motifs is 6. The normalized spacial score (nSPS) is 11.5. The van der Waals surface area contributed by atoms with E-state index in [1.54, 1.807) is 97.1 Å². The largest absolute Gasteiger partial charge is 1.00 e. The molecule has 0 aliphatic heterocycles. The summed E-state index contributed by atoms with van der Waals surface area (Å²) in [5.41, 5.74) is 17.2. The second-order valence-corrected chi connectivity index (χ2v) is 46.1. The minimum absolute atomic E-state index is 0. The predicted molar refractivity (Wildman–Crippen MR) is 559 cm³/mol. The van der Waals surface area contributed by atoms with Gasteiger partial charge in [0, 0.05) is 73.7 Å². The average Bonchev–Trinajstić information content (AvgIpc) is 0.789. The number of phenolic OH excluding ortho intramolecular Hbond substituents is 2. The van der Waals surface area contributed by atoms with Crippen LogP contribution in [0, 0.1) is 10.7 Å². The number of benzene rings is 17. The summed E-state index contributed by atoms with van der Waals surface area (Å²) in [6.07, 6.45) is 0. The second kappa shape index (κ2) is 48.1. The summed E-state index contributed by atoms with van der Waals surface area (Å²) in [4.78, 5) is 46.6. The Bertz CT molecular complexity index is 9370. The molecule has 0 saturated carbocycles. The topological polar surface area (TPSA) is 675 Å². The molecule has 762 valence electrons. The van der Waals surface area contributed by atoms with Gasteiger partial charge in [0.2, 0.25) is 0 Å². The maximum absolute atomic E-state index is 13.1. The van der Waals surface area contributed by atoms with Crippen LogP contribution in [0.25, 0.3) is 64.6 Å². The first kappa shape index (κ1) is 117. The summed E-state index contributed by atoms with van der Waals surface area (Å²) in [6, 6.07) is 72.8. The van der Waals surface area contributed by atoms with Gasteiger partial charge in [-0.2, -0.15) is 13.7 Å². The first-order valence-corrected chi connectivity index (χ1v) is 55.3.